The zero-order valence-corrected chi connectivity index (χ0v) is 22.5. The van der Waals surface area contributed by atoms with Crippen LogP contribution < -0.4 is 11.3 Å². The highest BCUT2D eigenvalue weighted by Crippen LogP contribution is 2.66. The number of hydrogen-bond donors (Lipinski definition) is 7. The number of nitrogens with two attached hydrogens (primary N) is 1. The van der Waals surface area contributed by atoms with Crippen LogP contribution in [0, 0.1) is 0 Å². The van der Waals surface area contributed by atoms with Gasteiger partial charge in [-0.2, -0.15) is 18.3 Å². The quantitative estimate of drug-likeness (QED) is 0.0935. The highest BCUT2D eigenvalue weighted by atomic mass is 31.3. The van der Waals surface area contributed by atoms with Crippen molar-refractivity contribution in [2.75, 3.05) is 12.3 Å². The third kappa shape index (κ3) is 5.85. The van der Waals surface area contributed by atoms with Gasteiger partial charge in [0.15, 0.2) is 23.0 Å². The van der Waals surface area contributed by atoms with Gasteiger partial charge in [0.25, 0.3) is 0 Å². The fraction of sp³-hybridized carbons (Fsp3) is 0.333. The van der Waals surface area contributed by atoms with Gasteiger partial charge in [0.05, 0.1) is 19.1 Å². The van der Waals surface area contributed by atoms with E-state index in [4.69, 9.17) is 20.3 Å². The van der Waals surface area contributed by atoms with Gasteiger partial charge in [0, 0.05) is 0 Å². The van der Waals surface area contributed by atoms with Gasteiger partial charge >= 0.3 is 29.0 Å². The third-order valence-electron chi connectivity index (χ3n) is 5.44. The fourth-order valence-electron chi connectivity index (χ4n) is 3.84. The summed E-state index contributed by atoms with van der Waals surface area (Å²) in [5, 5.41) is 21.0. The summed E-state index contributed by atoms with van der Waals surface area (Å²) < 4.78 is 54.5. The Bertz CT molecular complexity index is 1840. The third-order valence-corrected chi connectivity index (χ3v) is 9.24. The number of ether oxygens (including phenoxy) is 1. The Hall–Kier alpha value is -3.01. The second kappa shape index (κ2) is 10.4. The van der Waals surface area contributed by atoms with E-state index in [1.54, 1.807) is 0 Å². The average molecular weight is 641 g/mol. The Morgan fingerprint density at radius 1 is 0.976 bits per heavy atom. The van der Waals surface area contributed by atoms with Crippen molar-refractivity contribution in [2.45, 2.75) is 24.5 Å². The summed E-state index contributed by atoms with van der Waals surface area (Å²) in [5.74, 6) is -0.362. The highest BCUT2D eigenvalue weighted by molar-refractivity contribution is 7.66. The number of nitrogen functional groups attached to an aromatic ring is 1. The first-order chi connectivity index (χ1) is 19.1. The van der Waals surface area contributed by atoms with E-state index in [-0.39, 0.29) is 22.8 Å². The van der Waals surface area contributed by atoms with Crippen LogP contribution in [0.2, 0.25) is 0 Å². The number of hydrogen-bond acceptors (Lipinski definition) is 16. The van der Waals surface area contributed by atoms with Crippen LogP contribution in [0.25, 0.3) is 22.3 Å². The van der Waals surface area contributed by atoms with Crippen molar-refractivity contribution in [1.82, 2.24) is 38.8 Å². The molecule has 1 fully saturated rings. The first kappa shape index (κ1) is 29.5. The Morgan fingerprint density at radius 3 is 2.41 bits per heavy atom. The predicted octanol–water partition coefficient (Wildman–Crippen LogP) is -2.41. The molecule has 23 nitrogen and oxygen atoms in total. The van der Waals surface area contributed by atoms with E-state index >= 15 is 0 Å². The van der Waals surface area contributed by atoms with Crippen LogP contribution in [0.4, 0.5) is 5.95 Å². The number of phosphoric ester groups is 1. The lowest BCUT2D eigenvalue weighted by atomic mass is 10.1. The molecule has 26 heteroatoms. The van der Waals surface area contributed by atoms with Crippen LogP contribution >= 0.6 is 23.5 Å². The number of imidazole rings is 2. The van der Waals surface area contributed by atoms with Crippen LogP contribution in [-0.4, -0.2) is 93.5 Å². The predicted molar refractivity (Wildman–Crippen MR) is 128 cm³/mol. The first-order valence-corrected chi connectivity index (χ1v) is 15.3. The molecule has 5 rings (SSSR count). The molecule has 41 heavy (non-hydrogen) atoms. The van der Waals surface area contributed by atoms with Gasteiger partial charge < -0.3 is 40.3 Å². The second-order valence-corrected chi connectivity index (χ2v) is 12.6. The van der Waals surface area contributed by atoms with Crippen LogP contribution in [0.5, 0.6) is 0 Å². The zero-order valence-electron chi connectivity index (χ0n) is 19.8. The summed E-state index contributed by atoms with van der Waals surface area (Å²) in [5.41, 5.74) is 5.40. The Morgan fingerprint density at radius 2 is 1.71 bits per heavy atom. The molecule has 0 spiro atoms. The topological polar surface area (TPSA) is 332 Å². The second-order valence-electron chi connectivity index (χ2n) is 8.16. The van der Waals surface area contributed by atoms with Crippen LogP contribution in [0.1, 0.15) is 6.23 Å². The van der Waals surface area contributed by atoms with Crippen molar-refractivity contribution in [2.24, 2.45) is 0 Å². The molecule has 0 saturated carbocycles. The summed E-state index contributed by atoms with van der Waals surface area (Å²) in [6, 6.07) is 0. The molecule has 6 atom stereocenters. The number of aromatic nitrogens is 8. The van der Waals surface area contributed by atoms with Gasteiger partial charge in [0.2, 0.25) is 5.95 Å². The lowest BCUT2D eigenvalue weighted by Gasteiger charge is -2.19. The maximum atomic E-state index is 13.3. The number of fused-ring (bicyclic) bond motifs is 2. The van der Waals surface area contributed by atoms with Gasteiger partial charge in [-0.3, -0.25) is 13.9 Å². The van der Waals surface area contributed by atoms with Crippen molar-refractivity contribution in [3.63, 3.8) is 0 Å². The Kier molecular flexibility index (Phi) is 7.45. The molecule has 4 aromatic heterocycles. The summed E-state index contributed by atoms with van der Waals surface area (Å²) in [4.78, 5) is 69.4. The standard InChI is InChI=1S/C15H18N9O14P3/c16-15-21-12-8(13(27)24(15)23-5-19-6-1-17-3-18-11(6)23)20-4-22(12)14-10(26)9(25)7(36-14)2-35-40(31,32)38-41(33,34)37-39(28,29)30/h1,3-5,7,9-10,14,25-26H,2H2,(H2,16,21)(H,31,32)(H,33,34)(H2,28,29,30)/t7-,9-,10-,14-/m1/s1. The fourth-order valence-corrected chi connectivity index (χ4v) is 6.87. The van der Waals surface area contributed by atoms with Crippen molar-refractivity contribution in [1.29, 1.82) is 0 Å². The van der Waals surface area contributed by atoms with Crippen molar-refractivity contribution in [3.8, 4) is 0 Å². The van der Waals surface area contributed by atoms with Crippen LogP contribution in [0.15, 0.2) is 30.0 Å². The largest absolute Gasteiger partial charge is 0.490 e. The molecule has 2 unspecified atom stereocenters. The van der Waals surface area contributed by atoms with E-state index in [9.17, 15) is 38.5 Å². The van der Waals surface area contributed by atoms with Gasteiger partial charge in [-0.15, -0.1) is 0 Å². The molecular formula is C15H18N9O14P3. The van der Waals surface area contributed by atoms with E-state index < -0.39 is 60.2 Å². The molecule has 1 saturated heterocycles. The Balaban J connectivity index is 1.37. The Labute approximate surface area is 224 Å². The van der Waals surface area contributed by atoms with Crippen LogP contribution in [0.3, 0.4) is 0 Å². The molecule has 0 radical (unpaired) electrons. The molecule has 0 aliphatic carbocycles. The maximum absolute atomic E-state index is 13.3. The van der Waals surface area contributed by atoms with E-state index in [0.29, 0.717) is 5.52 Å². The number of aliphatic hydroxyl groups excluding tert-OH is 2. The molecule has 8 N–H and O–H groups in total. The highest BCUT2D eigenvalue weighted by Gasteiger charge is 2.47. The van der Waals surface area contributed by atoms with Gasteiger partial charge in [0.1, 0.15) is 36.5 Å². The molecule has 0 amide bonds. The lowest BCUT2D eigenvalue weighted by Crippen LogP contribution is -2.33. The number of anilines is 1. The van der Waals surface area contributed by atoms with Gasteiger partial charge in [-0.1, -0.05) is 0 Å². The van der Waals surface area contributed by atoms with E-state index in [2.05, 4.69) is 38.1 Å². The minimum Gasteiger partial charge on any atom is -0.387 e. The monoisotopic (exact) mass is 641 g/mol. The smallest absolute Gasteiger partial charge is 0.387 e. The molecule has 1 aliphatic heterocycles. The van der Waals surface area contributed by atoms with E-state index in [1.807, 2.05) is 0 Å². The number of aliphatic hydroxyl groups is 2. The van der Waals surface area contributed by atoms with Crippen molar-refractivity contribution in [3.05, 3.63) is 35.5 Å². The summed E-state index contributed by atoms with van der Waals surface area (Å²) >= 11 is 0. The van der Waals surface area contributed by atoms with Crippen molar-refractivity contribution >= 4 is 51.7 Å². The summed E-state index contributed by atoms with van der Waals surface area (Å²) in [7, 11) is -16.9. The minimum absolute atomic E-state index is 0.187. The van der Waals surface area contributed by atoms with Gasteiger partial charge in [-0.05, 0) is 0 Å². The maximum Gasteiger partial charge on any atom is 0.490 e. The summed E-state index contributed by atoms with van der Waals surface area (Å²) in [6.07, 6.45) is -1.73. The molecule has 222 valence electrons. The molecule has 0 aromatic carbocycles. The molecule has 1 aliphatic rings. The molecule has 5 heterocycles. The number of rotatable bonds is 9. The van der Waals surface area contributed by atoms with E-state index in [0.717, 1.165) is 15.6 Å². The average Bonchev–Trinajstić information content (AvgIpc) is 3.53. The first-order valence-electron chi connectivity index (χ1n) is 10.8. The number of phosphoric acid groups is 3. The van der Waals surface area contributed by atoms with E-state index in [1.165, 1.54) is 23.5 Å². The van der Waals surface area contributed by atoms with Crippen LogP contribution in [-0.2, 0) is 31.6 Å². The molecule has 4 aromatic rings. The molecule has 0 bridgehead atoms. The SMILES string of the molecule is Nc1nc2c(ncn2[C@@H]2O[C@H](COP(=O)(O)OP(=O)(O)OP(=O)(O)O)[C@@H](O)[C@H]2O)c(=O)n1-n1cnc2cncnc21. The molecular weight excluding hydrogens is 623 g/mol. The van der Waals surface area contributed by atoms with Crippen molar-refractivity contribution < 1.29 is 61.4 Å². The lowest BCUT2D eigenvalue weighted by molar-refractivity contribution is -0.0503. The summed E-state index contributed by atoms with van der Waals surface area (Å²) in [6.45, 7) is -1.05. The minimum atomic E-state index is -5.78. The zero-order chi connectivity index (χ0) is 29.9. The van der Waals surface area contributed by atoms with Gasteiger partial charge in [-0.25, -0.2) is 38.3 Å². The normalized spacial score (nSPS) is 24.5. The number of nitrogens with zero attached hydrogens (tertiary/aromatic N) is 8.